The SMILES string of the molecule is CC(C)(C)NC(=O)[C@H](c1ccc2ncccc2c1)N(C(=O)c1snc(C(N)=O)c1N)c1ccc(F)cc1. The predicted octanol–water partition coefficient (Wildman–Crippen LogP) is 3.81. The number of primary amides is 1. The van der Waals surface area contributed by atoms with Crippen LogP contribution < -0.4 is 21.7 Å². The minimum Gasteiger partial charge on any atom is -0.395 e. The van der Waals surface area contributed by atoms with Crippen LogP contribution in [0.3, 0.4) is 0 Å². The van der Waals surface area contributed by atoms with Gasteiger partial charge in [0.15, 0.2) is 5.69 Å². The van der Waals surface area contributed by atoms with E-state index in [2.05, 4.69) is 14.7 Å². The zero-order chi connectivity index (χ0) is 26.9. The lowest BCUT2D eigenvalue weighted by atomic mass is 9.98. The molecule has 0 radical (unpaired) electrons. The molecule has 4 rings (SSSR count). The van der Waals surface area contributed by atoms with E-state index in [0.717, 1.165) is 5.39 Å². The lowest BCUT2D eigenvalue weighted by molar-refractivity contribution is -0.123. The molecular formula is C26H25FN6O3S. The van der Waals surface area contributed by atoms with Crippen molar-refractivity contribution in [2.24, 2.45) is 5.73 Å². The maximum absolute atomic E-state index is 14.0. The van der Waals surface area contributed by atoms with Crippen molar-refractivity contribution in [3.63, 3.8) is 0 Å². The second-order valence-electron chi connectivity index (χ2n) is 9.39. The molecule has 2 aromatic carbocycles. The number of pyridine rings is 1. The van der Waals surface area contributed by atoms with Crippen LogP contribution in [0.5, 0.6) is 0 Å². The first kappa shape index (κ1) is 25.7. The third-order valence-corrected chi connectivity index (χ3v) is 6.28. The lowest BCUT2D eigenvalue weighted by Crippen LogP contribution is -2.49. The number of halogens is 1. The fourth-order valence-corrected chi connectivity index (χ4v) is 4.59. The predicted molar refractivity (Wildman–Crippen MR) is 141 cm³/mol. The van der Waals surface area contributed by atoms with Gasteiger partial charge in [-0.15, -0.1) is 0 Å². The van der Waals surface area contributed by atoms with Gasteiger partial charge in [-0.1, -0.05) is 12.1 Å². The number of nitrogen functional groups attached to an aromatic ring is 1. The highest BCUT2D eigenvalue weighted by atomic mass is 32.1. The van der Waals surface area contributed by atoms with E-state index >= 15 is 0 Å². The van der Waals surface area contributed by atoms with Crippen molar-refractivity contribution in [3.05, 3.63) is 82.7 Å². The summed E-state index contributed by atoms with van der Waals surface area (Å²) in [6.45, 7) is 5.45. The molecule has 37 heavy (non-hydrogen) atoms. The fourth-order valence-electron chi connectivity index (χ4n) is 3.84. The Morgan fingerprint density at radius 1 is 1.08 bits per heavy atom. The normalized spacial score (nSPS) is 12.2. The summed E-state index contributed by atoms with van der Waals surface area (Å²) < 4.78 is 17.8. The summed E-state index contributed by atoms with van der Waals surface area (Å²) in [7, 11) is 0. The molecule has 0 unspecified atom stereocenters. The number of amides is 3. The minimum atomic E-state index is -1.19. The molecule has 1 atom stereocenters. The van der Waals surface area contributed by atoms with Crippen molar-refractivity contribution in [2.75, 3.05) is 10.6 Å². The monoisotopic (exact) mass is 520 g/mol. The Kier molecular flexibility index (Phi) is 6.90. The first-order valence-electron chi connectivity index (χ1n) is 11.3. The number of hydrogen-bond donors (Lipinski definition) is 3. The number of carbonyl (C=O) groups is 3. The molecule has 4 aromatic rings. The van der Waals surface area contributed by atoms with E-state index in [1.807, 2.05) is 26.8 Å². The number of carbonyl (C=O) groups excluding carboxylic acids is 3. The molecule has 11 heteroatoms. The molecule has 0 aliphatic heterocycles. The Morgan fingerprint density at radius 2 is 1.78 bits per heavy atom. The lowest BCUT2D eigenvalue weighted by Gasteiger charge is -2.33. The molecule has 0 aliphatic rings. The Bertz CT molecular complexity index is 1500. The molecule has 2 aromatic heterocycles. The van der Waals surface area contributed by atoms with Crippen molar-refractivity contribution in [2.45, 2.75) is 32.4 Å². The molecule has 2 heterocycles. The van der Waals surface area contributed by atoms with Gasteiger partial charge in [-0.3, -0.25) is 24.3 Å². The van der Waals surface area contributed by atoms with Gasteiger partial charge in [-0.25, -0.2) is 4.39 Å². The van der Waals surface area contributed by atoms with Crippen LogP contribution in [0.1, 0.15) is 52.5 Å². The van der Waals surface area contributed by atoms with Gasteiger partial charge in [0.1, 0.15) is 16.7 Å². The molecule has 0 saturated carbocycles. The molecule has 3 amide bonds. The van der Waals surface area contributed by atoms with Gasteiger partial charge in [0, 0.05) is 22.8 Å². The molecular weight excluding hydrogens is 495 g/mol. The number of nitrogens with zero attached hydrogens (tertiary/aromatic N) is 3. The molecule has 9 nitrogen and oxygen atoms in total. The zero-order valence-corrected chi connectivity index (χ0v) is 21.2. The minimum absolute atomic E-state index is 0.0749. The second kappa shape index (κ2) is 9.94. The first-order chi connectivity index (χ1) is 17.5. The average Bonchev–Trinajstić information content (AvgIpc) is 3.23. The standard InChI is InChI=1S/C26H25FN6O3S/c1-26(2,3)31-24(35)21(15-6-11-18-14(13-15)5-4-12-30-18)33(17-9-7-16(27)8-10-17)25(36)22-19(28)20(23(29)34)32-37-22/h4-13,21H,28H2,1-3H3,(H2,29,34)(H,31,35)/t21-/m0/s1. The van der Waals surface area contributed by atoms with Crippen LogP contribution >= 0.6 is 11.5 Å². The van der Waals surface area contributed by atoms with E-state index in [1.165, 1.54) is 29.2 Å². The first-order valence-corrected chi connectivity index (χ1v) is 12.0. The van der Waals surface area contributed by atoms with E-state index in [-0.39, 0.29) is 21.9 Å². The highest BCUT2D eigenvalue weighted by molar-refractivity contribution is 7.09. The van der Waals surface area contributed by atoms with Gasteiger partial charge < -0.3 is 16.8 Å². The summed E-state index contributed by atoms with van der Waals surface area (Å²) in [5, 5.41) is 3.69. The van der Waals surface area contributed by atoms with Crippen molar-refractivity contribution in [1.29, 1.82) is 0 Å². The smallest absolute Gasteiger partial charge is 0.273 e. The van der Waals surface area contributed by atoms with E-state index in [1.54, 1.807) is 30.5 Å². The molecule has 0 bridgehead atoms. The second-order valence-corrected chi connectivity index (χ2v) is 10.2. The van der Waals surface area contributed by atoms with Gasteiger partial charge in [0.25, 0.3) is 11.8 Å². The molecule has 0 saturated heterocycles. The number of fused-ring (bicyclic) bond motifs is 1. The largest absolute Gasteiger partial charge is 0.395 e. The summed E-state index contributed by atoms with van der Waals surface area (Å²) in [5.74, 6) is -2.58. The van der Waals surface area contributed by atoms with Crippen LogP contribution in [0.15, 0.2) is 60.8 Å². The molecule has 5 N–H and O–H groups in total. The van der Waals surface area contributed by atoms with Gasteiger partial charge in [-0.05, 0) is 80.3 Å². The molecule has 0 fully saturated rings. The summed E-state index contributed by atoms with van der Waals surface area (Å²) in [6.07, 6.45) is 1.66. The van der Waals surface area contributed by atoms with Crippen LogP contribution in [0, 0.1) is 5.82 Å². The quantitative estimate of drug-likeness (QED) is 0.353. The van der Waals surface area contributed by atoms with Crippen molar-refractivity contribution in [3.8, 4) is 0 Å². The number of nitrogens with one attached hydrogen (secondary N) is 1. The van der Waals surface area contributed by atoms with Gasteiger partial charge in [-0.2, -0.15) is 4.37 Å². The van der Waals surface area contributed by atoms with Crippen LogP contribution in [-0.2, 0) is 4.79 Å². The average molecular weight is 521 g/mol. The maximum atomic E-state index is 14.0. The topological polar surface area (TPSA) is 144 Å². The number of hydrogen-bond acceptors (Lipinski definition) is 7. The summed E-state index contributed by atoms with van der Waals surface area (Å²) in [4.78, 5) is 45.0. The van der Waals surface area contributed by atoms with Crippen LogP contribution in [0.2, 0.25) is 0 Å². The van der Waals surface area contributed by atoms with E-state index in [4.69, 9.17) is 11.5 Å². The maximum Gasteiger partial charge on any atom is 0.273 e. The number of nitrogens with two attached hydrogens (primary N) is 2. The molecule has 0 spiro atoms. The third kappa shape index (κ3) is 5.41. The number of anilines is 2. The third-order valence-electron chi connectivity index (χ3n) is 5.43. The highest BCUT2D eigenvalue weighted by Crippen LogP contribution is 2.34. The van der Waals surface area contributed by atoms with Crippen molar-refractivity contribution in [1.82, 2.24) is 14.7 Å². The highest BCUT2D eigenvalue weighted by Gasteiger charge is 2.37. The summed E-state index contributed by atoms with van der Waals surface area (Å²) in [5.41, 5.74) is 11.8. The van der Waals surface area contributed by atoms with Crippen LogP contribution in [-0.4, -0.2) is 32.6 Å². The molecule has 190 valence electrons. The fraction of sp³-hybridized carbons (Fsp3) is 0.192. The Labute approximate surface area is 216 Å². The Hall–Kier alpha value is -4.38. The van der Waals surface area contributed by atoms with Crippen LogP contribution in [0.4, 0.5) is 15.8 Å². The van der Waals surface area contributed by atoms with E-state index < -0.39 is 35.1 Å². The Morgan fingerprint density at radius 3 is 2.41 bits per heavy atom. The number of rotatable bonds is 6. The van der Waals surface area contributed by atoms with E-state index in [9.17, 15) is 18.8 Å². The van der Waals surface area contributed by atoms with E-state index in [0.29, 0.717) is 22.6 Å². The van der Waals surface area contributed by atoms with Gasteiger partial charge in [0.2, 0.25) is 5.91 Å². The number of benzene rings is 2. The Balaban J connectivity index is 1.94. The van der Waals surface area contributed by atoms with Crippen LogP contribution in [0.25, 0.3) is 10.9 Å². The summed E-state index contributed by atoms with van der Waals surface area (Å²) >= 11 is 0.696. The van der Waals surface area contributed by atoms with Crippen molar-refractivity contribution >= 4 is 51.5 Å². The zero-order valence-electron chi connectivity index (χ0n) is 20.4. The van der Waals surface area contributed by atoms with Gasteiger partial charge in [0.05, 0.1) is 11.2 Å². The molecule has 0 aliphatic carbocycles. The summed E-state index contributed by atoms with van der Waals surface area (Å²) in [6, 6.07) is 12.8. The van der Waals surface area contributed by atoms with Gasteiger partial charge >= 0.3 is 0 Å². The number of aromatic nitrogens is 2. The van der Waals surface area contributed by atoms with Crippen molar-refractivity contribution < 1.29 is 18.8 Å².